The van der Waals surface area contributed by atoms with Gasteiger partial charge in [-0.3, -0.25) is 14.3 Å². The maximum atomic E-state index is 14.1. The average molecular weight is 618 g/mol. The van der Waals surface area contributed by atoms with E-state index in [0.29, 0.717) is 23.4 Å². The fourth-order valence-corrected chi connectivity index (χ4v) is 6.71. The molecular formula is C31H39F4N7O2. The normalized spacial score (nSPS) is 21.5. The number of imidazole rings is 1. The SMILES string of the molecule is CCCn1ncc(C(=O)N[C@H](c2cn3ncc([C@H](NC(=O)CC4CC(F)(F)C4)C4CC4)cc3n2)C2CCC(F)(F)CC2)c1C. The Morgan fingerprint density at radius 3 is 2.34 bits per heavy atom. The molecule has 13 heteroatoms. The first-order chi connectivity index (χ1) is 20.9. The largest absolute Gasteiger partial charge is 0.349 e. The van der Waals surface area contributed by atoms with Crippen molar-refractivity contribution in [1.29, 1.82) is 0 Å². The van der Waals surface area contributed by atoms with E-state index >= 15 is 0 Å². The minimum Gasteiger partial charge on any atom is -0.349 e. The molecule has 0 bridgehead atoms. The molecule has 0 spiro atoms. The highest BCUT2D eigenvalue weighted by molar-refractivity contribution is 5.95. The summed E-state index contributed by atoms with van der Waals surface area (Å²) in [6.45, 7) is 4.54. The van der Waals surface area contributed by atoms with E-state index in [0.717, 1.165) is 30.5 Å². The van der Waals surface area contributed by atoms with Gasteiger partial charge in [0.25, 0.3) is 5.91 Å². The van der Waals surface area contributed by atoms with Crippen LogP contribution in [0.15, 0.2) is 24.7 Å². The molecule has 2 N–H and O–H groups in total. The predicted octanol–water partition coefficient (Wildman–Crippen LogP) is 5.94. The van der Waals surface area contributed by atoms with E-state index < -0.39 is 17.9 Å². The zero-order valence-electron chi connectivity index (χ0n) is 25.0. The van der Waals surface area contributed by atoms with Gasteiger partial charge in [0.05, 0.1) is 41.9 Å². The number of amides is 2. The number of aromatic nitrogens is 5. The van der Waals surface area contributed by atoms with Gasteiger partial charge in [0.1, 0.15) is 0 Å². The summed E-state index contributed by atoms with van der Waals surface area (Å²) in [5, 5.41) is 15.0. The van der Waals surface area contributed by atoms with Gasteiger partial charge >= 0.3 is 0 Å². The molecule has 2 amide bonds. The lowest BCUT2D eigenvalue weighted by atomic mass is 9.79. The fraction of sp³-hybridized carbons (Fsp3) is 0.645. The van der Waals surface area contributed by atoms with Crippen molar-refractivity contribution in [1.82, 2.24) is 35.0 Å². The number of hydrogen-bond acceptors (Lipinski definition) is 5. The van der Waals surface area contributed by atoms with Crippen molar-refractivity contribution in [3.05, 3.63) is 47.2 Å². The Balaban J connectivity index is 1.23. The van der Waals surface area contributed by atoms with Crippen LogP contribution in [0, 0.1) is 24.7 Å². The standard InChI is InChI=1S/C31H39F4N7O2/c1-3-10-41-18(2)23(16-37-41)29(44)40-28(21-6-8-30(32,33)9-7-21)24-17-42-25(38-24)12-22(15-36-42)27(20-4-5-20)39-26(43)11-19-13-31(34,35)14-19/h12,15-17,19-21,27-28H,3-11,13-14H2,1-2H3,(H,39,43)(H,40,44)/t27-,28+/m1/s1. The Bertz CT molecular complexity index is 1510. The first-order valence-corrected chi connectivity index (χ1v) is 15.6. The lowest BCUT2D eigenvalue weighted by molar-refractivity contribution is -0.134. The summed E-state index contributed by atoms with van der Waals surface area (Å²) in [6, 6.07) is 0.918. The number of aryl methyl sites for hydroxylation is 1. The topological polar surface area (TPSA) is 106 Å². The van der Waals surface area contributed by atoms with Gasteiger partial charge in [0.15, 0.2) is 5.65 Å². The maximum absolute atomic E-state index is 14.1. The number of halogens is 4. The molecule has 9 nitrogen and oxygen atoms in total. The van der Waals surface area contributed by atoms with Gasteiger partial charge in [-0.25, -0.2) is 27.1 Å². The lowest BCUT2D eigenvalue weighted by Crippen LogP contribution is -2.39. The quantitative estimate of drug-likeness (QED) is 0.259. The van der Waals surface area contributed by atoms with Crippen molar-refractivity contribution >= 4 is 17.5 Å². The molecule has 0 saturated heterocycles. The van der Waals surface area contributed by atoms with Gasteiger partial charge in [-0.1, -0.05) is 6.92 Å². The average Bonchev–Trinajstić information content (AvgIpc) is 3.60. The fourth-order valence-electron chi connectivity index (χ4n) is 6.71. The van der Waals surface area contributed by atoms with Gasteiger partial charge in [-0.05, 0) is 68.4 Å². The van der Waals surface area contributed by atoms with E-state index in [1.54, 1.807) is 21.6 Å². The smallest absolute Gasteiger partial charge is 0.255 e. The van der Waals surface area contributed by atoms with Gasteiger partial charge in [-0.2, -0.15) is 10.2 Å². The second-order valence-electron chi connectivity index (χ2n) is 13.0. The molecule has 6 rings (SSSR count). The Hall–Kier alpha value is -3.51. The monoisotopic (exact) mass is 617 g/mol. The van der Waals surface area contributed by atoms with Crippen molar-refractivity contribution < 1.29 is 27.2 Å². The number of hydrogen-bond donors (Lipinski definition) is 2. The third-order valence-corrected chi connectivity index (χ3v) is 9.40. The number of carbonyl (C=O) groups excluding carboxylic acids is 2. The Morgan fingerprint density at radius 1 is 0.977 bits per heavy atom. The third-order valence-electron chi connectivity index (χ3n) is 9.40. The Kier molecular flexibility index (Phi) is 8.17. The molecule has 238 valence electrons. The zero-order chi connectivity index (χ0) is 31.2. The van der Waals surface area contributed by atoms with Crippen LogP contribution in [-0.2, 0) is 11.3 Å². The molecule has 3 aromatic rings. The molecule has 3 aromatic heterocycles. The minimum atomic E-state index is -2.72. The number of nitrogens with zero attached hydrogens (tertiary/aromatic N) is 5. The first-order valence-electron chi connectivity index (χ1n) is 15.6. The molecule has 0 aliphatic heterocycles. The zero-order valence-corrected chi connectivity index (χ0v) is 25.0. The molecule has 3 fully saturated rings. The number of carbonyl (C=O) groups is 2. The number of fused-ring (bicyclic) bond motifs is 1. The molecule has 0 aromatic carbocycles. The van der Waals surface area contributed by atoms with Gasteiger partial charge in [0, 0.05) is 44.3 Å². The highest BCUT2D eigenvalue weighted by Gasteiger charge is 2.46. The van der Waals surface area contributed by atoms with E-state index in [2.05, 4.69) is 20.8 Å². The van der Waals surface area contributed by atoms with Crippen LogP contribution in [0.3, 0.4) is 0 Å². The van der Waals surface area contributed by atoms with E-state index in [4.69, 9.17) is 4.98 Å². The van der Waals surface area contributed by atoms with Crippen LogP contribution in [0.5, 0.6) is 0 Å². The molecule has 3 aliphatic rings. The lowest BCUT2D eigenvalue weighted by Gasteiger charge is -2.34. The van der Waals surface area contributed by atoms with Gasteiger partial charge in [-0.15, -0.1) is 0 Å². The van der Waals surface area contributed by atoms with Crippen LogP contribution in [0.1, 0.15) is 111 Å². The Morgan fingerprint density at radius 2 is 1.68 bits per heavy atom. The second kappa shape index (κ2) is 11.8. The first kappa shape index (κ1) is 30.5. The summed E-state index contributed by atoms with van der Waals surface area (Å²) in [7, 11) is 0. The van der Waals surface area contributed by atoms with Crippen molar-refractivity contribution in [3.63, 3.8) is 0 Å². The second-order valence-corrected chi connectivity index (χ2v) is 13.0. The van der Waals surface area contributed by atoms with Crippen LogP contribution in [-0.4, -0.2) is 48.0 Å². The van der Waals surface area contributed by atoms with Crippen molar-refractivity contribution in [2.75, 3.05) is 0 Å². The van der Waals surface area contributed by atoms with E-state index in [1.165, 1.54) is 6.20 Å². The number of nitrogens with one attached hydrogen (secondary N) is 2. The molecular weight excluding hydrogens is 578 g/mol. The summed E-state index contributed by atoms with van der Waals surface area (Å²) in [5.74, 6) is -6.30. The van der Waals surface area contributed by atoms with Gasteiger partial charge < -0.3 is 10.6 Å². The van der Waals surface area contributed by atoms with E-state index in [1.807, 2.05) is 19.9 Å². The number of alkyl halides is 4. The van der Waals surface area contributed by atoms with Crippen molar-refractivity contribution in [3.8, 4) is 0 Å². The van der Waals surface area contributed by atoms with Crippen LogP contribution < -0.4 is 10.6 Å². The molecule has 44 heavy (non-hydrogen) atoms. The summed E-state index contributed by atoms with van der Waals surface area (Å²) in [5.41, 5.74) is 2.96. The van der Waals surface area contributed by atoms with Crippen LogP contribution in [0.2, 0.25) is 0 Å². The highest BCUT2D eigenvalue weighted by atomic mass is 19.3. The molecule has 3 heterocycles. The van der Waals surface area contributed by atoms with E-state index in [9.17, 15) is 27.2 Å². The third kappa shape index (κ3) is 6.61. The predicted molar refractivity (Wildman–Crippen MR) is 153 cm³/mol. The maximum Gasteiger partial charge on any atom is 0.255 e. The van der Waals surface area contributed by atoms with Crippen molar-refractivity contribution in [2.24, 2.45) is 17.8 Å². The Labute approximate surface area is 253 Å². The van der Waals surface area contributed by atoms with E-state index in [-0.39, 0.29) is 80.6 Å². The number of rotatable bonds is 11. The van der Waals surface area contributed by atoms with Crippen LogP contribution in [0.25, 0.3) is 5.65 Å². The summed E-state index contributed by atoms with van der Waals surface area (Å²) < 4.78 is 58.0. The molecule has 0 unspecified atom stereocenters. The highest BCUT2D eigenvalue weighted by Crippen LogP contribution is 2.45. The van der Waals surface area contributed by atoms with Crippen molar-refractivity contribution in [2.45, 2.75) is 109 Å². The minimum absolute atomic E-state index is 0.0701. The molecule has 3 aliphatic carbocycles. The summed E-state index contributed by atoms with van der Waals surface area (Å²) in [6.07, 6.45) is 7.18. The summed E-state index contributed by atoms with van der Waals surface area (Å²) >= 11 is 0. The van der Waals surface area contributed by atoms with Gasteiger partial charge in [0.2, 0.25) is 17.8 Å². The molecule has 3 saturated carbocycles. The molecule has 0 radical (unpaired) electrons. The van der Waals surface area contributed by atoms with Crippen LogP contribution in [0.4, 0.5) is 17.6 Å². The van der Waals surface area contributed by atoms with Crippen LogP contribution >= 0.6 is 0 Å². The summed E-state index contributed by atoms with van der Waals surface area (Å²) in [4.78, 5) is 31.0. The molecule has 2 atom stereocenters.